The molecule has 186 valence electrons. The minimum absolute atomic E-state index is 0.0156. The Bertz CT molecular complexity index is 1230. The van der Waals surface area contributed by atoms with Crippen LogP contribution >= 0.6 is 0 Å². The lowest BCUT2D eigenvalue weighted by atomic mass is 9.91. The number of nitrogens with zero attached hydrogens (tertiary/aromatic N) is 3. The lowest BCUT2D eigenvalue weighted by Gasteiger charge is -2.25. The number of hydrogen-bond donors (Lipinski definition) is 3. The van der Waals surface area contributed by atoms with Crippen molar-refractivity contribution in [3.8, 4) is 33.9 Å². The zero-order valence-electron chi connectivity index (χ0n) is 21.1. The molecule has 1 amide bonds. The number of nitrogens with one attached hydrogen (secondary N) is 1. The maximum absolute atomic E-state index is 13.1. The predicted octanol–water partition coefficient (Wildman–Crippen LogP) is 3.82. The predicted molar refractivity (Wildman–Crippen MR) is 136 cm³/mol. The smallest absolute Gasteiger partial charge is 0.274 e. The summed E-state index contributed by atoms with van der Waals surface area (Å²) in [5, 5.41) is 28.1. The Morgan fingerprint density at radius 2 is 1.94 bits per heavy atom. The summed E-state index contributed by atoms with van der Waals surface area (Å²) in [4.78, 5) is 17.4. The first-order chi connectivity index (χ1) is 16.7. The van der Waals surface area contributed by atoms with Crippen molar-refractivity contribution in [3.63, 3.8) is 0 Å². The van der Waals surface area contributed by atoms with E-state index in [4.69, 9.17) is 4.52 Å². The molecule has 3 aromatic rings. The molecule has 1 aliphatic rings. The maximum atomic E-state index is 13.1. The number of carbonyl (C=O) groups excluding carboxylic acids is 1. The van der Waals surface area contributed by atoms with Crippen LogP contribution in [0.2, 0.25) is 0 Å². The van der Waals surface area contributed by atoms with Crippen LogP contribution in [0.1, 0.15) is 46.9 Å². The van der Waals surface area contributed by atoms with Crippen molar-refractivity contribution in [1.82, 2.24) is 20.3 Å². The lowest BCUT2D eigenvalue weighted by molar-refractivity contribution is 0.0942. The molecule has 2 aromatic carbocycles. The van der Waals surface area contributed by atoms with Gasteiger partial charge in [-0.1, -0.05) is 37.2 Å². The fraction of sp³-hybridized carbons (Fsp3) is 0.407. The molecule has 0 unspecified atom stereocenters. The van der Waals surface area contributed by atoms with Crippen LogP contribution in [0.25, 0.3) is 22.5 Å². The van der Waals surface area contributed by atoms with Gasteiger partial charge in [0.1, 0.15) is 11.5 Å². The van der Waals surface area contributed by atoms with E-state index >= 15 is 0 Å². The first-order valence-electron chi connectivity index (χ1n) is 11.9. The van der Waals surface area contributed by atoms with Crippen molar-refractivity contribution < 1.29 is 19.5 Å². The van der Waals surface area contributed by atoms with Gasteiger partial charge in [0.2, 0.25) is 0 Å². The molecular formula is C27H34N4O4. The number of aromatic hydroxyl groups is 2. The van der Waals surface area contributed by atoms with Gasteiger partial charge >= 0.3 is 0 Å². The third-order valence-electron chi connectivity index (χ3n) is 6.46. The van der Waals surface area contributed by atoms with Crippen molar-refractivity contribution in [2.24, 2.45) is 0 Å². The normalized spacial score (nSPS) is 13.9. The topological polar surface area (TPSA) is 102 Å². The average Bonchev–Trinajstić information content (AvgIpc) is 3.23. The summed E-state index contributed by atoms with van der Waals surface area (Å²) in [5.74, 6) is -0.132. The molecule has 4 rings (SSSR count). The van der Waals surface area contributed by atoms with Gasteiger partial charge in [0.15, 0.2) is 11.5 Å². The van der Waals surface area contributed by atoms with Crippen LogP contribution in [0.4, 0.5) is 0 Å². The standard InChI is InChI=1S/C27H34N4O4/c1-16(2)20-13-21(23(33)14-22(20)32)26-24(25(29-35-26)27(34)28-9-11-30(3)4)18-6-7-19-15-31(5)10-8-17(19)12-18/h6-7,12-14,16,32-33H,8-11,15H2,1-5H3,(H,28,34). The van der Waals surface area contributed by atoms with Gasteiger partial charge < -0.3 is 29.9 Å². The number of phenolic OH excluding ortho intramolecular Hbond substituents is 2. The Kier molecular flexibility index (Phi) is 7.14. The lowest BCUT2D eigenvalue weighted by Crippen LogP contribution is -2.31. The van der Waals surface area contributed by atoms with E-state index in [1.807, 2.05) is 38.9 Å². The number of benzene rings is 2. The second-order valence-corrected chi connectivity index (χ2v) is 9.85. The minimum Gasteiger partial charge on any atom is -0.508 e. The van der Waals surface area contributed by atoms with E-state index in [0.717, 1.165) is 25.1 Å². The summed E-state index contributed by atoms with van der Waals surface area (Å²) in [7, 11) is 5.98. The van der Waals surface area contributed by atoms with E-state index in [-0.39, 0.29) is 29.0 Å². The molecule has 8 nitrogen and oxygen atoms in total. The second kappa shape index (κ2) is 10.1. The van der Waals surface area contributed by atoms with E-state index in [9.17, 15) is 15.0 Å². The van der Waals surface area contributed by atoms with E-state index in [2.05, 4.69) is 34.6 Å². The highest BCUT2D eigenvalue weighted by molar-refractivity contribution is 6.02. The molecule has 0 saturated heterocycles. The fourth-order valence-corrected chi connectivity index (χ4v) is 4.46. The highest BCUT2D eigenvalue weighted by atomic mass is 16.5. The highest BCUT2D eigenvalue weighted by Gasteiger charge is 2.28. The molecule has 2 heterocycles. The van der Waals surface area contributed by atoms with Crippen molar-refractivity contribution in [3.05, 3.63) is 52.7 Å². The van der Waals surface area contributed by atoms with Crippen LogP contribution < -0.4 is 5.32 Å². The molecule has 0 atom stereocenters. The van der Waals surface area contributed by atoms with Crippen molar-refractivity contribution in [2.75, 3.05) is 40.8 Å². The number of phenols is 2. The first kappa shape index (κ1) is 24.8. The molecule has 0 fully saturated rings. The van der Waals surface area contributed by atoms with Gasteiger partial charge in [-0.3, -0.25) is 4.79 Å². The fourth-order valence-electron chi connectivity index (χ4n) is 4.46. The molecule has 1 aliphatic heterocycles. The molecule has 0 saturated carbocycles. The summed E-state index contributed by atoms with van der Waals surface area (Å²) in [5.41, 5.74) is 5.05. The number of likely N-dealkylation sites (N-methyl/N-ethyl adjacent to an activating group) is 2. The number of carbonyl (C=O) groups is 1. The number of hydrogen-bond acceptors (Lipinski definition) is 7. The van der Waals surface area contributed by atoms with Gasteiger partial charge in [0.05, 0.1) is 11.1 Å². The minimum atomic E-state index is -0.336. The number of amides is 1. The van der Waals surface area contributed by atoms with Crippen LogP contribution in [0.15, 0.2) is 34.9 Å². The Labute approximate surface area is 206 Å². The van der Waals surface area contributed by atoms with E-state index in [1.54, 1.807) is 6.07 Å². The van der Waals surface area contributed by atoms with Gasteiger partial charge in [-0.25, -0.2) is 0 Å². The molecule has 0 spiro atoms. The largest absolute Gasteiger partial charge is 0.508 e. The molecule has 0 bridgehead atoms. The summed E-state index contributed by atoms with van der Waals surface area (Å²) in [6.45, 7) is 6.91. The quantitative estimate of drug-likeness (QED) is 0.474. The van der Waals surface area contributed by atoms with Crippen LogP contribution in [-0.2, 0) is 13.0 Å². The Hall–Kier alpha value is -3.36. The molecule has 0 radical (unpaired) electrons. The Morgan fingerprint density at radius 3 is 2.66 bits per heavy atom. The monoisotopic (exact) mass is 478 g/mol. The molecule has 8 heteroatoms. The van der Waals surface area contributed by atoms with Crippen molar-refractivity contribution >= 4 is 5.91 Å². The summed E-state index contributed by atoms with van der Waals surface area (Å²) >= 11 is 0. The maximum Gasteiger partial charge on any atom is 0.274 e. The van der Waals surface area contributed by atoms with E-state index in [1.165, 1.54) is 17.2 Å². The second-order valence-electron chi connectivity index (χ2n) is 9.85. The SMILES string of the molecule is CC(C)c1cc(-c2onc(C(=O)NCCN(C)C)c2-c2ccc3c(c2)CCN(C)C3)c(O)cc1O. The van der Waals surface area contributed by atoms with Gasteiger partial charge in [-0.15, -0.1) is 0 Å². The number of aromatic nitrogens is 1. The third-order valence-corrected chi connectivity index (χ3v) is 6.46. The van der Waals surface area contributed by atoms with Gasteiger partial charge in [-0.05, 0) is 61.8 Å². The van der Waals surface area contributed by atoms with Crippen LogP contribution in [0, 0.1) is 0 Å². The highest BCUT2D eigenvalue weighted by Crippen LogP contribution is 2.43. The van der Waals surface area contributed by atoms with Crippen molar-refractivity contribution in [2.45, 2.75) is 32.7 Å². The zero-order chi connectivity index (χ0) is 25.3. The average molecular weight is 479 g/mol. The van der Waals surface area contributed by atoms with Crippen LogP contribution in [-0.4, -0.2) is 71.9 Å². The molecule has 3 N–H and O–H groups in total. The van der Waals surface area contributed by atoms with Crippen LogP contribution in [0.5, 0.6) is 11.5 Å². The number of rotatable bonds is 7. The summed E-state index contributed by atoms with van der Waals surface area (Å²) in [6.07, 6.45) is 0.909. The van der Waals surface area contributed by atoms with Gasteiger partial charge in [0.25, 0.3) is 5.91 Å². The molecule has 0 aliphatic carbocycles. The first-order valence-corrected chi connectivity index (χ1v) is 11.9. The Balaban J connectivity index is 1.84. The molecular weight excluding hydrogens is 444 g/mol. The van der Waals surface area contributed by atoms with E-state index in [0.29, 0.717) is 35.5 Å². The molecule has 1 aromatic heterocycles. The van der Waals surface area contributed by atoms with Crippen molar-refractivity contribution in [1.29, 1.82) is 0 Å². The summed E-state index contributed by atoms with van der Waals surface area (Å²) in [6, 6.07) is 9.18. The van der Waals surface area contributed by atoms with Gasteiger partial charge in [-0.2, -0.15) is 0 Å². The third kappa shape index (κ3) is 5.18. The summed E-state index contributed by atoms with van der Waals surface area (Å²) < 4.78 is 5.73. The van der Waals surface area contributed by atoms with E-state index < -0.39 is 0 Å². The van der Waals surface area contributed by atoms with Crippen LogP contribution in [0.3, 0.4) is 0 Å². The van der Waals surface area contributed by atoms with Gasteiger partial charge in [0, 0.05) is 32.2 Å². The zero-order valence-corrected chi connectivity index (χ0v) is 21.1. The number of fused-ring (bicyclic) bond motifs is 1. The Morgan fingerprint density at radius 1 is 1.17 bits per heavy atom. The molecule has 35 heavy (non-hydrogen) atoms.